The Bertz CT molecular complexity index is 1180. The molecule has 0 radical (unpaired) electrons. The summed E-state index contributed by atoms with van der Waals surface area (Å²) in [5.41, 5.74) is 0. The summed E-state index contributed by atoms with van der Waals surface area (Å²) in [6.45, 7) is 25.6. The zero-order chi connectivity index (χ0) is 64.7. The topological polar surface area (TPSA) is 95.4 Å². The average Bonchev–Trinajstić information content (AvgIpc) is 3.68. The molecule has 0 bridgehead atoms. The molecule has 86 heavy (non-hydrogen) atoms. The van der Waals surface area contributed by atoms with Crippen molar-refractivity contribution in [3.05, 3.63) is 0 Å². The summed E-state index contributed by atoms with van der Waals surface area (Å²) < 4.78 is 0. The molecule has 0 fully saturated rings. The largest absolute Gasteiger partial charge is 0.319 e. The van der Waals surface area contributed by atoms with Crippen molar-refractivity contribution in [2.24, 2.45) is 0 Å². The molecule has 0 aliphatic rings. The van der Waals surface area contributed by atoms with Crippen molar-refractivity contribution in [1.82, 2.24) is 0 Å². The molecular formula is C78H172N4P4. The predicted octanol–water partition coefficient (Wildman–Crippen LogP) is 32.4. The molecule has 0 spiro atoms. The third-order valence-corrected chi connectivity index (χ3v) is 24.7. The molecular weight excluding hydrogens is 1120 g/mol. The second-order valence-electron chi connectivity index (χ2n) is 29.7. The van der Waals surface area contributed by atoms with Gasteiger partial charge in [0.15, 0.2) is 0 Å². The van der Waals surface area contributed by atoms with Gasteiger partial charge in [-0.1, -0.05) is 388 Å². The lowest BCUT2D eigenvalue weighted by Gasteiger charge is -2.23. The normalized spacial score (nSPS) is 12.0. The molecule has 4 N–H and O–H groups in total. The third-order valence-electron chi connectivity index (χ3n) is 17.6. The summed E-state index contributed by atoms with van der Waals surface area (Å²) in [5.74, 6) is 0. The van der Waals surface area contributed by atoms with Crippen molar-refractivity contribution in [1.29, 1.82) is 20.6 Å². The fourth-order valence-corrected chi connectivity index (χ4v) is 18.4. The molecule has 0 saturated heterocycles. The van der Waals surface area contributed by atoms with Gasteiger partial charge in [0.1, 0.15) is 0 Å². The van der Waals surface area contributed by atoms with Crippen LogP contribution in [-0.4, -0.2) is 77.0 Å². The SMILES string of the molecule is CCCCCCCCCCCCP(=N)(CCCCCCCCCCCC)CCCCCCCCCCCC.CCCCCCCCCCCCP(=N)(CCCCCCCCCCCC)CCCCCCCCCCCC.CP(C)(C)=N.CP(C)(C)=N. The van der Waals surface area contributed by atoms with E-state index in [1.165, 1.54) is 422 Å². The van der Waals surface area contributed by atoms with Crippen LogP contribution in [0, 0.1) is 20.6 Å². The Morgan fingerprint density at radius 3 is 0.291 bits per heavy atom. The van der Waals surface area contributed by atoms with Gasteiger partial charge in [0.25, 0.3) is 0 Å². The first-order valence-corrected chi connectivity index (χ1v) is 50.7. The Kier molecular flexibility index (Phi) is 81.3. The van der Waals surface area contributed by atoms with Crippen LogP contribution < -0.4 is 0 Å². The average molecular weight is 1290 g/mol. The quantitative estimate of drug-likeness (QED) is 0.0345. The summed E-state index contributed by atoms with van der Waals surface area (Å²) in [6, 6.07) is 0. The van der Waals surface area contributed by atoms with Gasteiger partial charge in [-0.3, -0.25) is 0 Å². The van der Waals surface area contributed by atoms with Crippen LogP contribution in [0.5, 0.6) is 0 Å². The Labute approximate surface area is 549 Å². The van der Waals surface area contributed by atoms with E-state index in [-0.39, 0.29) is 0 Å². The van der Waals surface area contributed by atoms with Crippen molar-refractivity contribution in [2.45, 2.75) is 427 Å². The van der Waals surface area contributed by atoms with E-state index in [9.17, 15) is 10.3 Å². The van der Waals surface area contributed by atoms with Gasteiger partial charge >= 0.3 is 0 Å². The highest BCUT2D eigenvalue weighted by atomic mass is 31.2. The number of unbranched alkanes of at least 4 members (excludes halogenated alkanes) is 54. The van der Waals surface area contributed by atoms with Crippen LogP contribution in [0.1, 0.15) is 427 Å². The van der Waals surface area contributed by atoms with E-state index in [4.69, 9.17) is 10.3 Å². The second-order valence-corrected chi connectivity index (χ2v) is 45.1. The molecule has 0 amide bonds. The molecule has 0 aromatic heterocycles. The summed E-state index contributed by atoms with van der Waals surface area (Å²) in [7, 11) is -5.16. The fraction of sp³-hybridized carbons (Fsp3) is 1.00. The first kappa shape index (κ1) is 93.3. The van der Waals surface area contributed by atoms with Crippen LogP contribution in [0.15, 0.2) is 0 Å². The standard InChI is InChI=1S/2C36H76NP.2C3H10NP/c2*1-4-7-10-13-16-19-22-25-28-31-34-38(37,35-32-29-26-23-20-17-14-11-8-5-2)36-33-30-27-24-21-18-15-12-9-6-3;2*1-5(2,3)4/h2*37H,4-36H2,1-3H3;2*4H,1-3H3. The van der Waals surface area contributed by atoms with Gasteiger partial charge in [-0.25, -0.2) is 0 Å². The third kappa shape index (κ3) is 96.0. The smallest absolute Gasteiger partial charge is 0.0178 e. The van der Waals surface area contributed by atoms with Gasteiger partial charge in [-0.2, -0.15) is 0 Å². The van der Waals surface area contributed by atoms with E-state index in [0.29, 0.717) is 0 Å². The molecule has 0 aliphatic heterocycles. The van der Waals surface area contributed by atoms with E-state index in [0.717, 1.165) is 0 Å². The molecule has 0 saturated carbocycles. The van der Waals surface area contributed by atoms with Gasteiger partial charge in [0.2, 0.25) is 0 Å². The van der Waals surface area contributed by atoms with Gasteiger partial charge < -0.3 is 20.6 Å². The van der Waals surface area contributed by atoms with Crippen LogP contribution in [0.3, 0.4) is 0 Å². The zero-order valence-electron chi connectivity index (χ0n) is 62.5. The van der Waals surface area contributed by atoms with Crippen molar-refractivity contribution in [2.75, 3.05) is 77.0 Å². The molecule has 8 heteroatoms. The maximum absolute atomic E-state index is 9.46. The maximum atomic E-state index is 9.46. The molecule has 0 aromatic carbocycles. The highest BCUT2D eigenvalue weighted by molar-refractivity contribution is 7.65. The van der Waals surface area contributed by atoms with Gasteiger partial charge in [-0.05, 0) is 144 Å². The summed E-state index contributed by atoms with van der Waals surface area (Å²) in [6.07, 6.45) is 92.7. The van der Waals surface area contributed by atoms with Crippen molar-refractivity contribution < 1.29 is 0 Å². The number of rotatable bonds is 66. The lowest BCUT2D eigenvalue weighted by molar-refractivity contribution is 0.559. The summed E-state index contributed by atoms with van der Waals surface area (Å²) in [5, 5.41) is 33.0. The number of hydrogen-bond acceptors (Lipinski definition) is 4. The van der Waals surface area contributed by atoms with E-state index in [2.05, 4.69) is 41.5 Å². The minimum atomic E-state index is -1.44. The summed E-state index contributed by atoms with van der Waals surface area (Å²) in [4.78, 5) is 0. The molecule has 524 valence electrons. The highest BCUT2D eigenvalue weighted by Gasteiger charge is 2.18. The molecule has 0 atom stereocenters. The number of nitrogens with one attached hydrogen (secondary N) is 4. The Hall–Kier alpha value is 0.920. The maximum Gasteiger partial charge on any atom is -0.0178 e. The Morgan fingerprint density at radius 2 is 0.209 bits per heavy atom. The van der Waals surface area contributed by atoms with Gasteiger partial charge in [0, 0.05) is 0 Å². The van der Waals surface area contributed by atoms with Crippen LogP contribution in [0.25, 0.3) is 0 Å². The minimum Gasteiger partial charge on any atom is -0.319 e. The van der Waals surface area contributed by atoms with E-state index < -0.39 is 28.2 Å². The van der Waals surface area contributed by atoms with Gasteiger partial charge in [-0.15, -0.1) is 0 Å². The van der Waals surface area contributed by atoms with Gasteiger partial charge in [0.05, 0.1) is 0 Å². The Morgan fingerprint density at radius 1 is 0.140 bits per heavy atom. The first-order valence-electron chi connectivity index (χ1n) is 39.7. The monoisotopic (exact) mass is 1290 g/mol. The molecule has 0 aromatic rings. The highest BCUT2D eigenvalue weighted by Crippen LogP contribution is 2.50. The van der Waals surface area contributed by atoms with Crippen LogP contribution in [0.4, 0.5) is 0 Å². The summed E-state index contributed by atoms with van der Waals surface area (Å²) >= 11 is 0. The van der Waals surface area contributed by atoms with Crippen LogP contribution in [-0.2, 0) is 0 Å². The zero-order valence-corrected chi connectivity index (χ0v) is 66.0. The van der Waals surface area contributed by atoms with Crippen LogP contribution in [0.2, 0.25) is 0 Å². The fourth-order valence-electron chi connectivity index (χ4n) is 12.1. The first-order chi connectivity index (χ1) is 41.4. The van der Waals surface area contributed by atoms with Crippen molar-refractivity contribution in [3.63, 3.8) is 0 Å². The molecule has 0 rings (SSSR count). The molecule has 0 heterocycles. The lowest BCUT2D eigenvalue weighted by Crippen LogP contribution is -2.01. The molecule has 0 unspecified atom stereocenters. The predicted molar refractivity (Wildman–Crippen MR) is 414 cm³/mol. The Balaban J connectivity index is -0.000000673. The second kappa shape index (κ2) is 75.0. The number of hydrogen-bond donors (Lipinski definition) is 4. The van der Waals surface area contributed by atoms with Crippen molar-refractivity contribution in [3.8, 4) is 0 Å². The van der Waals surface area contributed by atoms with E-state index in [1.54, 1.807) is 0 Å². The van der Waals surface area contributed by atoms with Crippen molar-refractivity contribution >= 4 is 28.2 Å². The van der Waals surface area contributed by atoms with E-state index in [1.807, 2.05) is 40.0 Å². The lowest BCUT2D eigenvalue weighted by atomic mass is 10.1. The molecule has 4 nitrogen and oxygen atoms in total. The van der Waals surface area contributed by atoms with Crippen LogP contribution >= 0.6 is 28.2 Å². The minimum absolute atomic E-state index is 1.14. The van der Waals surface area contributed by atoms with E-state index >= 15 is 0 Å². The molecule has 0 aliphatic carbocycles.